The highest BCUT2D eigenvalue weighted by Gasteiger charge is 2.50. The van der Waals surface area contributed by atoms with Gasteiger partial charge >= 0.3 is 6.18 Å². The highest BCUT2D eigenvalue weighted by molar-refractivity contribution is 7.91. The van der Waals surface area contributed by atoms with Crippen LogP contribution >= 0.6 is 0 Å². The number of aromatic nitrogens is 2. The molecule has 1 aliphatic carbocycles. The van der Waals surface area contributed by atoms with Crippen molar-refractivity contribution < 1.29 is 35.9 Å². The topological polar surface area (TPSA) is 94.0 Å². The fourth-order valence-electron chi connectivity index (χ4n) is 6.05. The lowest BCUT2D eigenvalue weighted by atomic mass is 10.0. The molecule has 3 aromatic rings. The lowest BCUT2D eigenvalue weighted by Crippen LogP contribution is -2.41. The highest BCUT2D eigenvalue weighted by atomic mass is 32.2. The van der Waals surface area contributed by atoms with E-state index < -0.39 is 38.1 Å². The fourth-order valence-corrected chi connectivity index (χ4v) is 7.87. The maximum atomic E-state index is 14.0. The third-order valence-electron chi connectivity index (χ3n) is 8.12. The summed E-state index contributed by atoms with van der Waals surface area (Å²) < 4.78 is 81.3. The van der Waals surface area contributed by atoms with Crippen molar-refractivity contribution in [2.24, 2.45) is 0 Å². The van der Waals surface area contributed by atoms with Crippen molar-refractivity contribution in [1.82, 2.24) is 19.6 Å². The Morgan fingerprint density at radius 1 is 1.02 bits per heavy atom. The molecule has 0 bridgehead atoms. The summed E-state index contributed by atoms with van der Waals surface area (Å²) in [5, 5.41) is 4.60. The molecule has 216 valence electrons. The largest absolute Gasteiger partial charge is 0.417 e. The Kier molecular flexibility index (Phi) is 6.27. The van der Waals surface area contributed by atoms with Crippen molar-refractivity contribution in [3.05, 3.63) is 64.8 Å². The normalized spacial score (nSPS) is 23.4. The van der Waals surface area contributed by atoms with Gasteiger partial charge in [-0.25, -0.2) is 13.1 Å². The standard InChI is InChI=1S/C28H27F3N4O5S/c29-28(30,31)21-3-1-2-19-25-20(16-41(37,38)26(19)21)24(27(36)34-10-13-40-23-14-22(23)34)32-35(25)18-6-4-17(5-7-18)15-33-8-11-39-12-9-33/h1-7,22-23H,8-16H2/t22-,23?/m0/s1. The van der Waals surface area contributed by atoms with Crippen LogP contribution in [0.5, 0.6) is 0 Å². The summed E-state index contributed by atoms with van der Waals surface area (Å²) >= 11 is 0. The maximum absolute atomic E-state index is 14.0. The Balaban J connectivity index is 1.36. The minimum absolute atomic E-state index is 0.0524. The van der Waals surface area contributed by atoms with Crippen molar-refractivity contribution in [2.75, 3.05) is 39.5 Å². The van der Waals surface area contributed by atoms with Crippen LogP contribution in [0.4, 0.5) is 13.2 Å². The SMILES string of the molecule is O=C(c1nn(-c2ccc(CN3CCOCC3)cc2)c2c1CS(=O)(=O)c1c-2cccc1C(F)(F)F)N1CCOC2C[C@@H]21. The molecule has 41 heavy (non-hydrogen) atoms. The molecule has 3 aliphatic heterocycles. The van der Waals surface area contributed by atoms with E-state index in [9.17, 15) is 26.4 Å². The van der Waals surface area contributed by atoms with Gasteiger partial charge in [-0.1, -0.05) is 24.3 Å². The zero-order chi connectivity index (χ0) is 28.5. The number of ether oxygens (including phenoxy) is 2. The minimum Gasteiger partial charge on any atom is -0.379 e. The van der Waals surface area contributed by atoms with Crippen LogP contribution in [0.25, 0.3) is 16.9 Å². The van der Waals surface area contributed by atoms with Gasteiger partial charge in [0.15, 0.2) is 15.5 Å². The molecular weight excluding hydrogens is 561 g/mol. The van der Waals surface area contributed by atoms with Gasteiger partial charge in [-0.3, -0.25) is 9.69 Å². The van der Waals surface area contributed by atoms with Gasteiger partial charge < -0.3 is 14.4 Å². The van der Waals surface area contributed by atoms with E-state index in [4.69, 9.17) is 9.47 Å². The second-order valence-corrected chi connectivity index (χ2v) is 12.7. The van der Waals surface area contributed by atoms with Crippen molar-refractivity contribution >= 4 is 15.7 Å². The first-order chi connectivity index (χ1) is 19.6. The van der Waals surface area contributed by atoms with Crippen LogP contribution in [-0.4, -0.2) is 85.5 Å². The average molecular weight is 589 g/mol. The van der Waals surface area contributed by atoms with Crippen LogP contribution in [0.15, 0.2) is 47.4 Å². The Hall–Kier alpha value is -3.26. The van der Waals surface area contributed by atoms with E-state index in [1.807, 2.05) is 12.1 Å². The average Bonchev–Trinajstić information content (AvgIpc) is 3.66. The van der Waals surface area contributed by atoms with Crippen LogP contribution in [0, 0.1) is 0 Å². The number of benzene rings is 2. The van der Waals surface area contributed by atoms with Crippen LogP contribution in [0.1, 0.15) is 33.6 Å². The summed E-state index contributed by atoms with van der Waals surface area (Å²) in [6.07, 6.45) is -4.24. The van der Waals surface area contributed by atoms with Crippen molar-refractivity contribution in [1.29, 1.82) is 0 Å². The van der Waals surface area contributed by atoms with Gasteiger partial charge in [0.1, 0.15) is 0 Å². The molecular formula is C28H27F3N4O5S. The molecule has 0 radical (unpaired) electrons. The lowest BCUT2D eigenvalue weighted by Gasteiger charge is -2.27. The van der Waals surface area contributed by atoms with Crippen LogP contribution in [0.2, 0.25) is 0 Å². The van der Waals surface area contributed by atoms with Crippen LogP contribution < -0.4 is 0 Å². The van der Waals surface area contributed by atoms with Crippen LogP contribution in [-0.2, 0) is 37.8 Å². The molecule has 0 N–H and O–H groups in total. The van der Waals surface area contributed by atoms with Crippen LogP contribution in [0.3, 0.4) is 0 Å². The van der Waals surface area contributed by atoms with Gasteiger partial charge in [-0.2, -0.15) is 18.3 Å². The first kappa shape index (κ1) is 26.6. The maximum Gasteiger partial charge on any atom is 0.417 e. The summed E-state index contributed by atoms with van der Waals surface area (Å²) in [7, 11) is -4.44. The minimum atomic E-state index is -4.88. The fraction of sp³-hybridized carbons (Fsp3) is 0.429. The monoisotopic (exact) mass is 588 g/mol. The molecule has 7 rings (SSSR count). The molecule has 9 nitrogen and oxygen atoms in total. The number of sulfone groups is 1. The molecule has 4 aliphatic rings. The number of halogens is 3. The molecule has 2 saturated heterocycles. The first-order valence-electron chi connectivity index (χ1n) is 13.5. The van der Waals surface area contributed by atoms with Gasteiger partial charge in [-0.15, -0.1) is 0 Å². The Bertz CT molecular complexity index is 1630. The number of fused-ring (bicyclic) bond motifs is 4. The van der Waals surface area contributed by atoms with Crippen molar-refractivity contribution in [2.45, 2.75) is 41.9 Å². The first-order valence-corrected chi connectivity index (χ1v) is 15.1. The number of hydrogen-bond acceptors (Lipinski definition) is 7. The number of carbonyl (C=O) groups is 1. The second-order valence-electron chi connectivity index (χ2n) is 10.8. The molecule has 0 spiro atoms. The highest BCUT2D eigenvalue weighted by Crippen LogP contribution is 2.46. The van der Waals surface area contributed by atoms with Gasteiger partial charge in [0.25, 0.3) is 5.91 Å². The predicted molar refractivity (Wildman–Crippen MR) is 140 cm³/mol. The van der Waals surface area contributed by atoms with E-state index in [1.165, 1.54) is 16.8 Å². The summed E-state index contributed by atoms with van der Waals surface area (Å²) in [4.78, 5) is 16.9. The third-order valence-corrected chi connectivity index (χ3v) is 9.85. The molecule has 3 fully saturated rings. The van der Waals surface area contributed by atoms with Crippen molar-refractivity contribution in [3.63, 3.8) is 0 Å². The second kappa shape index (κ2) is 9.65. The number of rotatable bonds is 4. The van der Waals surface area contributed by atoms with Crippen molar-refractivity contribution in [3.8, 4) is 16.9 Å². The summed E-state index contributed by atoms with van der Waals surface area (Å²) in [5.41, 5.74) is 0.445. The van der Waals surface area contributed by atoms with Gasteiger partial charge in [-0.05, 0) is 30.2 Å². The van der Waals surface area contributed by atoms with Gasteiger partial charge in [0.05, 0.1) is 59.6 Å². The van der Waals surface area contributed by atoms with E-state index in [2.05, 4.69) is 10.00 Å². The molecule has 1 aromatic heterocycles. The number of hydrogen-bond donors (Lipinski definition) is 0. The third kappa shape index (κ3) is 4.64. The smallest absolute Gasteiger partial charge is 0.379 e. The van der Waals surface area contributed by atoms with Gasteiger partial charge in [0.2, 0.25) is 0 Å². The molecule has 2 atom stereocenters. The number of amides is 1. The zero-order valence-electron chi connectivity index (χ0n) is 21.9. The number of carbonyl (C=O) groups excluding carboxylic acids is 1. The Morgan fingerprint density at radius 3 is 2.51 bits per heavy atom. The van der Waals surface area contributed by atoms with E-state index in [1.54, 1.807) is 17.0 Å². The summed E-state index contributed by atoms with van der Waals surface area (Å²) in [6.45, 7) is 4.37. The lowest BCUT2D eigenvalue weighted by molar-refractivity contribution is -0.139. The number of morpholine rings is 2. The van der Waals surface area contributed by atoms with Gasteiger partial charge in [0, 0.05) is 37.3 Å². The van der Waals surface area contributed by atoms with E-state index in [0.29, 0.717) is 45.0 Å². The molecule has 13 heteroatoms. The van der Waals surface area contributed by atoms with E-state index in [0.717, 1.165) is 24.7 Å². The quantitative estimate of drug-likeness (QED) is 0.462. The molecule has 4 heterocycles. The molecule has 1 amide bonds. The molecule has 1 unspecified atom stereocenters. The Labute approximate surface area is 234 Å². The number of alkyl halides is 3. The summed E-state index contributed by atoms with van der Waals surface area (Å²) in [5.74, 6) is -1.19. The Morgan fingerprint density at radius 2 is 1.78 bits per heavy atom. The van der Waals surface area contributed by atoms with E-state index in [-0.39, 0.29) is 34.7 Å². The molecule has 1 saturated carbocycles. The zero-order valence-corrected chi connectivity index (χ0v) is 22.7. The number of nitrogens with zero attached hydrogens (tertiary/aromatic N) is 4. The predicted octanol–water partition coefficient (Wildman–Crippen LogP) is 3.29. The molecule has 2 aromatic carbocycles. The summed E-state index contributed by atoms with van der Waals surface area (Å²) in [6, 6.07) is 10.6. The van der Waals surface area contributed by atoms with E-state index >= 15 is 0 Å².